The molecule has 2 atom stereocenters. The Morgan fingerprint density at radius 2 is 1.73 bits per heavy atom. The monoisotopic (exact) mass is 358 g/mol. The van der Waals surface area contributed by atoms with Crippen LogP contribution >= 0.6 is 0 Å². The molecule has 2 unspecified atom stereocenters. The quantitative estimate of drug-likeness (QED) is 0.721. The molecular weight excluding hydrogens is 335 g/mol. The minimum Gasteiger partial charge on any atom is -0.369 e. The Bertz CT molecular complexity index is 720. The van der Waals surface area contributed by atoms with E-state index in [0.717, 1.165) is 11.1 Å². The average molecular weight is 358 g/mol. The summed E-state index contributed by atoms with van der Waals surface area (Å²) < 4.78 is 18.5. The van der Waals surface area contributed by atoms with Crippen LogP contribution in [0.3, 0.4) is 0 Å². The summed E-state index contributed by atoms with van der Waals surface area (Å²) in [6.07, 6.45) is -0.329. The fourth-order valence-corrected chi connectivity index (χ4v) is 2.42. The fourth-order valence-electron chi connectivity index (χ4n) is 2.42. The first-order chi connectivity index (χ1) is 12.5. The zero-order chi connectivity index (χ0) is 18.9. The Balaban J connectivity index is 1.82. The predicted octanol–water partition coefficient (Wildman–Crippen LogP) is 2.19. The number of benzene rings is 2. The first kappa shape index (κ1) is 19.6. The Hall–Kier alpha value is -2.73. The molecule has 5 nitrogen and oxygen atoms in total. The largest absolute Gasteiger partial charge is 0.369 e. The second-order valence-electron chi connectivity index (χ2n) is 6.11. The fraction of sp³-hybridized carbons (Fsp3) is 0.300. The molecule has 2 aromatic carbocycles. The summed E-state index contributed by atoms with van der Waals surface area (Å²) in [7, 11) is 0. The van der Waals surface area contributed by atoms with Crippen molar-refractivity contribution in [3.63, 3.8) is 0 Å². The third-order valence-electron chi connectivity index (χ3n) is 4.03. The van der Waals surface area contributed by atoms with Crippen molar-refractivity contribution < 1.29 is 18.7 Å². The molecule has 0 saturated heterocycles. The van der Waals surface area contributed by atoms with Crippen LogP contribution in [0.5, 0.6) is 0 Å². The molecule has 0 heterocycles. The van der Waals surface area contributed by atoms with Gasteiger partial charge in [0.15, 0.2) is 0 Å². The minimum atomic E-state index is -0.658. The van der Waals surface area contributed by atoms with E-state index >= 15 is 0 Å². The van der Waals surface area contributed by atoms with Gasteiger partial charge in [-0.05, 0) is 36.6 Å². The number of carbonyl (C=O) groups is 2. The highest BCUT2D eigenvalue weighted by Crippen LogP contribution is 2.10. The standard InChI is InChI=1S/C20H23FN2O3/c1-14(26-13-16-5-3-2-4-6-16)20(25)23-12-17(19(22)24)11-15-7-9-18(21)10-8-15/h2-10,14,17H,11-13H2,1H3,(H2,22,24)(H,23,25). The molecule has 6 heteroatoms. The van der Waals surface area contributed by atoms with Gasteiger partial charge in [0.25, 0.3) is 0 Å². The lowest BCUT2D eigenvalue weighted by molar-refractivity contribution is -0.133. The molecule has 2 amide bonds. The predicted molar refractivity (Wildman–Crippen MR) is 96.5 cm³/mol. The van der Waals surface area contributed by atoms with E-state index in [9.17, 15) is 14.0 Å². The summed E-state index contributed by atoms with van der Waals surface area (Å²) in [5, 5.41) is 2.69. The van der Waals surface area contributed by atoms with Crippen LogP contribution in [0.25, 0.3) is 0 Å². The topological polar surface area (TPSA) is 81.4 Å². The minimum absolute atomic E-state index is 0.102. The highest BCUT2D eigenvalue weighted by atomic mass is 19.1. The highest BCUT2D eigenvalue weighted by Gasteiger charge is 2.20. The molecule has 2 aromatic rings. The lowest BCUT2D eigenvalue weighted by Gasteiger charge is -2.17. The summed E-state index contributed by atoms with van der Waals surface area (Å²) >= 11 is 0. The Morgan fingerprint density at radius 1 is 1.08 bits per heavy atom. The maximum atomic E-state index is 13.0. The molecule has 0 aliphatic heterocycles. The molecule has 0 bridgehead atoms. The van der Waals surface area contributed by atoms with Crippen molar-refractivity contribution in [2.45, 2.75) is 26.1 Å². The third kappa shape index (κ3) is 6.29. The molecule has 0 saturated carbocycles. The molecule has 26 heavy (non-hydrogen) atoms. The lowest BCUT2D eigenvalue weighted by Crippen LogP contribution is -2.41. The van der Waals surface area contributed by atoms with Crippen LogP contribution in [0.15, 0.2) is 54.6 Å². The van der Waals surface area contributed by atoms with E-state index in [-0.39, 0.29) is 18.3 Å². The number of hydrogen-bond donors (Lipinski definition) is 2. The number of nitrogens with one attached hydrogen (secondary N) is 1. The molecule has 0 aromatic heterocycles. The Morgan fingerprint density at radius 3 is 2.35 bits per heavy atom. The van der Waals surface area contributed by atoms with Crippen molar-refractivity contribution in [2.24, 2.45) is 11.7 Å². The van der Waals surface area contributed by atoms with Crippen molar-refractivity contribution in [2.75, 3.05) is 6.54 Å². The van der Waals surface area contributed by atoms with Crippen molar-refractivity contribution in [1.29, 1.82) is 0 Å². The van der Waals surface area contributed by atoms with Crippen LogP contribution < -0.4 is 11.1 Å². The number of rotatable bonds is 9. The zero-order valence-corrected chi connectivity index (χ0v) is 14.7. The summed E-state index contributed by atoms with van der Waals surface area (Å²) in [6.45, 7) is 2.08. The van der Waals surface area contributed by atoms with E-state index in [1.807, 2.05) is 30.3 Å². The van der Waals surface area contributed by atoms with Crippen molar-refractivity contribution in [3.05, 3.63) is 71.5 Å². The van der Waals surface area contributed by atoms with Gasteiger partial charge >= 0.3 is 0 Å². The van der Waals surface area contributed by atoms with Gasteiger partial charge in [0.1, 0.15) is 11.9 Å². The van der Waals surface area contributed by atoms with Gasteiger partial charge in [-0.3, -0.25) is 9.59 Å². The number of carbonyl (C=O) groups excluding carboxylic acids is 2. The molecular formula is C20H23FN2O3. The van der Waals surface area contributed by atoms with Gasteiger partial charge in [-0.25, -0.2) is 4.39 Å². The molecule has 0 aliphatic carbocycles. The number of hydrogen-bond acceptors (Lipinski definition) is 3. The van der Waals surface area contributed by atoms with Gasteiger partial charge in [0.2, 0.25) is 11.8 Å². The second-order valence-corrected chi connectivity index (χ2v) is 6.11. The highest BCUT2D eigenvalue weighted by molar-refractivity contribution is 5.82. The summed E-state index contributed by atoms with van der Waals surface area (Å²) in [6, 6.07) is 15.4. The Labute approximate surface area is 152 Å². The summed E-state index contributed by atoms with van der Waals surface area (Å²) in [4.78, 5) is 23.8. The van der Waals surface area contributed by atoms with Crippen molar-refractivity contribution >= 4 is 11.8 Å². The van der Waals surface area contributed by atoms with E-state index in [1.54, 1.807) is 19.1 Å². The van der Waals surface area contributed by atoms with Crippen LogP contribution in [0.2, 0.25) is 0 Å². The third-order valence-corrected chi connectivity index (χ3v) is 4.03. The molecule has 0 radical (unpaired) electrons. The van der Waals surface area contributed by atoms with Gasteiger partial charge in [-0.2, -0.15) is 0 Å². The number of primary amides is 1. The lowest BCUT2D eigenvalue weighted by atomic mass is 9.98. The van der Waals surface area contributed by atoms with Gasteiger partial charge in [-0.1, -0.05) is 42.5 Å². The van der Waals surface area contributed by atoms with Crippen molar-refractivity contribution in [3.8, 4) is 0 Å². The normalized spacial score (nSPS) is 13.0. The maximum Gasteiger partial charge on any atom is 0.248 e. The second kappa shape index (κ2) is 9.68. The number of halogens is 1. The van der Waals surface area contributed by atoms with E-state index < -0.39 is 17.9 Å². The Kier molecular flexibility index (Phi) is 7.29. The molecule has 3 N–H and O–H groups in total. The molecule has 138 valence electrons. The van der Waals surface area contributed by atoms with Crippen LogP contribution in [0.1, 0.15) is 18.1 Å². The first-order valence-electron chi connectivity index (χ1n) is 8.42. The van der Waals surface area contributed by atoms with Gasteiger partial charge in [0, 0.05) is 6.54 Å². The van der Waals surface area contributed by atoms with E-state index in [4.69, 9.17) is 10.5 Å². The van der Waals surface area contributed by atoms with Crippen molar-refractivity contribution in [1.82, 2.24) is 5.32 Å². The van der Waals surface area contributed by atoms with Gasteiger partial charge in [0.05, 0.1) is 12.5 Å². The molecule has 2 rings (SSSR count). The number of nitrogens with two attached hydrogens (primary N) is 1. The SMILES string of the molecule is CC(OCc1ccccc1)C(=O)NCC(Cc1ccc(F)cc1)C(N)=O. The van der Waals surface area contributed by atoms with Crippen LogP contribution in [-0.4, -0.2) is 24.5 Å². The maximum absolute atomic E-state index is 13.0. The number of amides is 2. The van der Waals surface area contributed by atoms with E-state index in [2.05, 4.69) is 5.32 Å². The van der Waals surface area contributed by atoms with Gasteiger partial charge < -0.3 is 15.8 Å². The van der Waals surface area contributed by atoms with Gasteiger partial charge in [-0.15, -0.1) is 0 Å². The smallest absolute Gasteiger partial charge is 0.248 e. The zero-order valence-electron chi connectivity index (χ0n) is 14.7. The first-order valence-corrected chi connectivity index (χ1v) is 8.42. The molecule has 0 fully saturated rings. The number of ether oxygens (including phenoxy) is 1. The van der Waals surface area contributed by atoms with Crippen LogP contribution in [0.4, 0.5) is 4.39 Å². The average Bonchev–Trinajstić information content (AvgIpc) is 2.65. The molecule has 0 spiro atoms. The van der Waals surface area contributed by atoms with E-state index in [0.29, 0.717) is 13.0 Å². The van der Waals surface area contributed by atoms with E-state index in [1.165, 1.54) is 12.1 Å². The summed E-state index contributed by atoms with van der Waals surface area (Å²) in [5.41, 5.74) is 7.16. The summed E-state index contributed by atoms with van der Waals surface area (Å²) in [5.74, 6) is -1.76. The van der Waals surface area contributed by atoms with Crippen LogP contribution in [-0.2, 0) is 27.4 Å². The molecule has 0 aliphatic rings. The van der Waals surface area contributed by atoms with Crippen LogP contribution in [0, 0.1) is 11.7 Å².